The molecular weight excluding hydrogens is 255 g/mol. The van der Waals surface area contributed by atoms with Crippen LogP contribution >= 0.6 is 23.2 Å². The van der Waals surface area contributed by atoms with Crippen LogP contribution in [0.1, 0.15) is 6.92 Å². The van der Waals surface area contributed by atoms with Gasteiger partial charge in [0.05, 0.1) is 15.7 Å². The molecule has 88 valence electrons. The van der Waals surface area contributed by atoms with Crippen molar-refractivity contribution >= 4 is 29.0 Å². The van der Waals surface area contributed by atoms with E-state index >= 15 is 0 Å². The average Bonchev–Trinajstić information content (AvgIpc) is 2.34. The minimum atomic E-state index is 0.538. The van der Waals surface area contributed by atoms with E-state index in [2.05, 4.69) is 10.3 Å². The lowest BCUT2D eigenvalue weighted by molar-refractivity contribution is 1.16. The lowest BCUT2D eigenvalue weighted by Gasteiger charge is -2.09. The first-order valence-electron chi connectivity index (χ1n) is 5.37. The SMILES string of the molecule is CCNc1nc(-c2ccccc2)c(Cl)cc1Cl. The Kier molecular flexibility index (Phi) is 3.87. The first kappa shape index (κ1) is 12.2. The van der Waals surface area contributed by atoms with E-state index in [0.717, 1.165) is 17.8 Å². The number of hydrogen-bond donors (Lipinski definition) is 1. The Labute approximate surface area is 111 Å². The summed E-state index contributed by atoms with van der Waals surface area (Å²) in [5.41, 5.74) is 1.72. The van der Waals surface area contributed by atoms with Crippen LogP contribution in [0, 0.1) is 0 Å². The third-order valence-electron chi connectivity index (χ3n) is 2.32. The number of hydrogen-bond acceptors (Lipinski definition) is 2. The second-order valence-corrected chi connectivity index (χ2v) is 4.36. The van der Waals surface area contributed by atoms with Crippen molar-refractivity contribution < 1.29 is 0 Å². The minimum Gasteiger partial charge on any atom is -0.369 e. The standard InChI is InChI=1S/C13H12Cl2N2/c1-2-16-13-11(15)8-10(14)12(17-13)9-6-4-3-5-7-9/h3-8H,2H2,1H3,(H,16,17). The van der Waals surface area contributed by atoms with Gasteiger partial charge >= 0.3 is 0 Å². The van der Waals surface area contributed by atoms with Gasteiger partial charge in [-0.2, -0.15) is 0 Å². The van der Waals surface area contributed by atoms with Gasteiger partial charge in [0, 0.05) is 12.1 Å². The highest BCUT2D eigenvalue weighted by Gasteiger charge is 2.10. The van der Waals surface area contributed by atoms with Gasteiger partial charge in [-0.05, 0) is 13.0 Å². The molecule has 0 amide bonds. The van der Waals surface area contributed by atoms with Gasteiger partial charge in [0.25, 0.3) is 0 Å². The zero-order valence-electron chi connectivity index (χ0n) is 9.37. The molecule has 2 aromatic rings. The quantitative estimate of drug-likeness (QED) is 0.886. The van der Waals surface area contributed by atoms with Crippen molar-refractivity contribution in [2.75, 3.05) is 11.9 Å². The molecule has 0 saturated carbocycles. The van der Waals surface area contributed by atoms with Gasteiger partial charge in [-0.25, -0.2) is 4.98 Å². The first-order chi connectivity index (χ1) is 8.22. The Morgan fingerprint density at radius 2 is 1.82 bits per heavy atom. The minimum absolute atomic E-state index is 0.538. The van der Waals surface area contributed by atoms with Gasteiger partial charge < -0.3 is 5.32 Å². The second-order valence-electron chi connectivity index (χ2n) is 3.55. The van der Waals surface area contributed by atoms with Crippen LogP contribution in [0.4, 0.5) is 5.82 Å². The molecule has 0 fully saturated rings. The molecule has 0 spiro atoms. The molecule has 0 aliphatic heterocycles. The normalized spacial score (nSPS) is 10.3. The van der Waals surface area contributed by atoms with Gasteiger partial charge in [-0.1, -0.05) is 53.5 Å². The van der Waals surface area contributed by atoms with Crippen molar-refractivity contribution in [2.24, 2.45) is 0 Å². The van der Waals surface area contributed by atoms with Gasteiger partial charge in [0.2, 0.25) is 0 Å². The molecule has 0 unspecified atom stereocenters. The zero-order chi connectivity index (χ0) is 12.3. The highest BCUT2D eigenvalue weighted by Crippen LogP contribution is 2.32. The lowest BCUT2D eigenvalue weighted by atomic mass is 10.1. The van der Waals surface area contributed by atoms with Gasteiger partial charge in [-0.15, -0.1) is 0 Å². The number of pyridine rings is 1. The van der Waals surface area contributed by atoms with Gasteiger partial charge in [0.1, 0.15) is 5.82 Å². The highest BCUT2D eigenvalue weighted by molar-refractivity contribution is 6.37. The number of nitrogens with zero attached hydrogens (tertiary/aromatic N) is 1. The highest BCUT2D eigenvalue weighted by atomic mass is 35.5. The maximum atomic E-state index is 6.16. The van der Waals surface area contributed by atoms with Crippen LogP contribution in [0.3, 0.4) is 0 Å². The summed E-state index contributed by atoms with van der Waals surface area (Å²) < 4.78 is 0. The van der Waals surface area contributed by atoms with E-state index in [1.54, 1.807) is 6.07 Å². The Morgan fingerprint density at radius 3 is 2.47 bits per heavy atom. The third kappa shape index (κ3) is 2.71. The predicted octanol–water partition coefficient (Wildman–Crippen LogP) is 4.49. The molecule has 17 heavy (non-hydrogen) atoms. The van der Waals surface area contributed by atoms with Crippen molar-refractivity contribution in [3.8, 4) is 11.3 Å². The molecule has 2 nitrogen and oxygen atoms in total. The van der Waals surface area contributed by atoms with Crippen molar-refractivity contribution in [3.05, 3.63) is 46.4 Å². The van der Waals surface area contributed by atoms with E-state index in [9.17, 15) is 0 Å². The summed E-state index contributed by atoms with van der Waals surface area (Å²) >= 11 is 12.2. The van der Waals surface area contributed by atoms with Gasteiger partial charge in [0.15, 0.2) is 0 Å². The molecule has 0 radical (unpaired) electrons. The van der Waals surface area contributed by atoms with Crippen LogP contribution < -0.4 is 5.32 Å². The molecule has 1 N–H and O–H groups in total. The molecule has 1 aromatic carbocycles. The number of aromatic nitrogens is 1. The maximum Gasteiger partial charge on any atom is 0.145 e. The summed E-state index contributed by atoms with van der Waals surface area (Å²) in [5, 5.41) is 4.21. The van der Waals surface area contributed by atoms with E-state index in [0.29, 0.717) is 15.9 Å². The van der Waals surface area contributed by atoms with Crippen LogP contribution in [0.25, 0.3) is 11.3 Å². The number of rotatable bonds is 3. The fourth-order valence-corrected chi connectivity index (χ4v) is 2.09. The van der Waals surface area contributed by atoms with Crippen LogP contribution in [0.2, 0.25) is 10.0 Å². The summed E-state index contributed by atoms with van der Waals surface area (Å²) in [5.74, 6) is 0.664. The Hall–Kier alpha value is -1.25. The van der Waals surface area contributed by atoms with Crippen molar-refractivity contribution in [1.82, 2.24) is 4.98 Å². The van der Waals surface area contributed by atoms with Crippen molar-refractivity contribution in [3.63, 3.8) is 0 Å². The van der Waals surface area contributed by atoms with Crippen molar-refractivity contribution in [1.29, 1.82) is 0 Å². The molecule has 4 heteroatoms. The smallest absolute Gasteiger partial charge is 0.145 e. The Morgan fingerprint density at radius 1 is 1.12 bits per heavy atom. The monoisotopic (exact) mass is 266 g/mol. The van der Waals surface area contributed by atoms with E-state index in [-0.39, 0.29) is 0 Å². The zero-order valence-corrected chi connectivity index (χ0v) is 10.9. The molecular formula is C13H12Cl2N2. The first-order valence-corrected chi connectivity index (χ1v) is 6.13. The summed E-state index contributed by atoms with van der Waals surface area (Å²) in [4.78, 5) is 4.46. The summed E-state index contributed by atoms with van der Waals surface area (Å²) in [7, 11) is 0. The van der Waals surface area contributed by atoms with Crippen LogP contribution in [0.15, 0.2) is 36.4 Å². The topological polar surface area (TPSA) is 24.9 Å². The van der Waals surface area contributed by atoms with E-state index in [4.69, 9.17) is 23.2 Å². The largest absolute Gasteiger partial charge is 0.369 e. The van der Waals surface area contributed by atoms with Crippen molar-refractivity contribution in [2.45, 2.75) is 6.92 Å². The molecule has 0 aliphatic rings. The fraction of sp³-hybridized carbons (Fsp3) is 0.154. The number of nitrogens with one attached hydrogen (secondary N) is 1. The Balaban J connectivity index is 2.51. The fourth-order valence-electron chi connectivity index (χ4n) is 1.56. The number of benzene rings is 1. The molecule has 1 aromatic heterocycles. The molecule has 1 heterocycles. The Bertz CT molecular complexity index is 512. The molecule has 0 aliphatic carbocycles. The van der Waals surface area contributed by atoms with E-state index in [1.807, 2.05) is 37.3 Å². The van der Waals surface area contributed by atoms with E-state index < -0.39 is 0 Å². The predicted molar refractivity (Wildman–Crippen MR) is 73.9 cm³/mol. The average molecular weight is 267 g/mol. The van der Waals surface area contributed by atoms with Crippen LogP contribution in [0.5, 0.6) is 0 Å². The second kappa shape index (κ2) is 5.39. The third-order valence-corrected chi connectivity index (χ3v) is 2.90. The van der Waals surface area contributed by atoms with Crippen LogP contribution in [-0.4, -0.2) is 11.5 Å². The number of anilines is 1. The summed E-state index contributed by atoms with van der Waals surface area (Å²) in [6.45, 7) is 2.76. The number of halogens is 2. The maximum absolute atomic E-state index is 6.16. The molecule has 0 saturated heterocycles. The molecule has 0 atom stereocenters. The molecule has 0 bridgehead atoms. The lowest BCUT2D eigenvalue weighted by Crippen LogP contribution is -2.01. The van der Waals surface area contributed by atoms with Gasteiger partial charge in [-0.3, -0.25) is 0 Å². The summed E-state index contributed by atoms with van der Waals surface area (Å²) in [6.07, 6.45) is 0. The summed E-state index contributed by atoms with van der Waals surface area (Å²) in [6, 6.07) is 11.5. The molecule has 2 rings (SSSR count). The van der Waals surface area contributed by atoms with Crippen LogP contribution in [-0.2, 0) is 0 Å². The van der Waals surface area contributed by atoms with E-state index in [1.165, 1.54) is 0 Å².